The number of aromatic carboxylic acids is 1. The molecule has 0 unspecified atom stereocenters. The predicted molar refractivity (Wildman–Crippen MR) is 72.2 cm³/mol. The number of phenols is 1. The van der Waals surface area contributed by atoms with Crippen LogP contribution in [0.4, 0.5) is 0 Å². The topological polar surface area (TPSA) is 74.6 Å². The summed E-state index contributed by atoms with van der Waals surface area (Å²) in [4.78, 5) is 24.9. The molecule has 0 saturated heterocycles. The molecule has 0 aliphatic rings. The monoisotopic (exact) mass is 276 g/mol. The molecule has 0 aliphatic heterocycles. The fourth-order valence-electron chi connectivity index (χ4n) is 1.73. The summed E-state index contributed by atoms with van der Waals surface area (Å²) in [7, 11) is 0. The second kappa shape index (κ2) is 5.24. The van der Waals surface area contributed by atoms with Gasteiger partial charge in [-0.1, -0.05) is 6.92 Å². The molecule has 0 bridgehead atoms. The van der Waals surface area contributed by atoms with Crippen molar-refractivity contribution >= 4 is 23.1 Å². The van der Waals surface area contributed by atoms with Gasteiger partial charge in [0, 0.05) is 10.4 Å². The third-order valence-electron chi connectivity index (χ3n) is 2.71. The van der Waals surface area contributed by atoms with Crippen LogP contribution in [0.25, 0.3) is 0 Å². The van der Waals surface area contributed by atoms with Crippen molar-refractivity contribution in [2.24, 2.45) is 0 Å². The van der Waals surface area contributed by atoms with Crippen LogP contribution in [0, 0.1) is 0 Å². The van der Waals surface area contributed by atoms with E-state index in [0.717, 1.165) is 11.3 Å². The molecule has 0 saturated carbocycles. The molecule has 1 aromatic carbocycles. The van der Waals surface area contributed by atoms with Gasteiger partial charge in [-0.3, -0.25) is 4.79 Å². The molecule has 1 heterocycles. The van der Waals surface area contributed by atoms with Crippen LogP contribution in [0.15, 0.2) is 30.3 Å². The summed E-state index contributed by atoms with van der Waals surface area (Å²) in [5.41, 5.74) is -0.0914. The van der Waals surface area contributed by atoms with Crippen LogP contribution >= 0.6 is 11.3 Å². The van der Waals surface area contributed by atoms with Crippen LogP contribution in [0.1, 0.15) is 37.4 Å². The Kier molecular flexibility index (Phi) is 3.66. The van der Waals surface area contributed by atoms with Gasteiger partial charge in [0.05, 0.1) is 10.4 Å². The number of carbonyl (C=O) groups is 2. The highest BCUT2D eigenvalue weighted by atomic mass is 32.1. The third-order valence-corrected chi connectivity index (χ3v) is 3.94. The summed E-state index contributed by atoms with van der Waals surface area (Å²) in [5.74, 6) is -1.69. The summed E-state index contributed by atoms with van der Waals surface area (Å²) in [6.45, 7) is 1.98. The number of aromatic hydroxyl groups is 1. The maximum absolute atomic E-state index is 12.3. The number of phenolic OH excluding ortho intramolecular Hbond substituents is 1. The Balaban J connectivity index is 2.48. The van der Waals surface area contributed by atoms with Crippen LogP contribution < -0.4 is 0 Å². The lowest BCUT2D eigenvalue weighted by Crippen LogP contribution is -2.08. The first-order valence-electron chi connectivity index (χ1n) is 5.72. The van der Waals surface area contributed by atoms with Gasteiger partial charge >= 0.3 is 5.97 Å². The Morgan fingerprint density at radius 2 is 1.89 bits per heavy atom. The molecule has 0 atom stereocenters. The lowest BCUT2D eigenvalue weighted by molar-refractivity contribution is 0.0693. The molecule has 4 nitrogen and oxygen atoms in total. The summed E-state index contributed by atoms with van der Waals surface area (Å²) in [6.07, 6.45) is 0.823. The maximum Gasteiger partial charge on any atom is 0.336 e. The predicted octanol–water partition coefficient (Wildman–Crippen LogP) is 2.95. The normalized spacial score (nSPS) is 10.4. The fraction of sp³-hybridized carbons (Fsp3) is 0.143. The van der Waals surface area contributed by atoms with Crippen molar-refractivity contribution in [2.45, 2.75) is 13.3 Å². The van der Waals surface area contributed by atoms with Crippen molar-refractivity contribution < 1.29 is 19.8 Å². The Morgan fingerprint density at radius 3 is 2.47 bits per heavy atom. The van der Waals surface area contributed by atoms with Crippen molar-refractivity contribution in [3.63, 3.8) is 0 Å². The van der Waals surface area contributed by atoms with Crippen LogP contribution in [0.2, 0.25) is 0 Å². The van der Waals surface area contributed by atoms with E-state index in [2.05, 4.69) is 0 Å². The minimum Gasteiger partial charge on any atom is -0.508 e. The van der Waals surface area contributed by atoms with E-state index >= 15 is 0 Å². The molecule has 0 amide bonds. The van der Waals surface area contributed by atoms with Gasteiger partial charge in [0.1, 0.15) is 5.75 Å². The van der Waals surface area contributed by atoms with E-state index in [0.29, 0.717) is 4.88 Å². The van der Waals surface area contributed by atoms with Gasteiger partial charge in [0.25, 0.3) is 0 Å². The molecule has 1 aromatic heterocycles. The van der Waals surface area contributed by atoms with Gasteiger partial charge in [-0.15, -0.1) is 11.3 Å². The highest BCUT2D eigenvalue weighted by Gasteiger charge is 2.19. The molecule has 0 aliphatic carbocycles. The molecule has 0 radical (unpaired) electrons. The average Bonchev–Trinajstić information content (AvgIpc) is 2.86. The highest BCUT2D eigenvalue weighted by molar-refractivity contribution is 7.14. The number of ketones is 1. The van der Waals surface area contributed by atoms with E-state index in [1.807, 2.05) is 13.0 Å². The lowest BCUT2D eigenvalue weighted by Gasteiger charge is -2.04. The van der Waals surface area contributed by atoms with E-state index in [1.54, 1.807) is 6.07 Å². The van der Waals surface area contributed by atoms with Crippen molar-refractivity contribution in [1.82, 2.24) is 0 Å². The average molecular weight is 276 g/mol. The molecular weight excluding hydrogens is 264 g/mol. The van der Waals surface area contributed by atoms with E-state index in [9.17, 15) is 14.7 Å². The Hall–Kier alpha value is -2.14. The first-order chi connectivity index (χ1) is 9.02. The molecule has 0 fully saturated rings. The summed E-state index contributed by atoms with van der Waals surface area (Å²) in [6, 6.07) is 7.21. The van der Waals surface area contributed by atoms with E-state index in [4.69, 9.17) is 5.11 Å². The van der Waals surface area contributed by atoms with E-state index in [1.165, 1.54) is 29.5 Å². The number of rotatable bonds is 4. The quantitative estimate of drug-likeness (QED) is 0.842. The van der Waals surface area contributed by atoms with Crippen LogP contribution in [0.5, 0.6) is 5.75 Å². The highest BCUT2D eigenvalue weighted by Crippen LogP contribution is 2.24. The standard InChI is InChI=1S/C14H12O4S/c1-2-9-4-6-12(19-9)13(16)11-7-8(15)3-5-10(11)14(17)18/h3-7,15H,2H2,1H3,(H,17,18). The molecule has 2 rings (SSSR count). The summed E-state index contributed by atoms with van der Waals surface area (Å²) < 4.78 is 0. The lowest BCUT2D eigenvalue weighted by atomic mass is 10.0. The number of carboxylic acids is 1. The molecule has 19 heavy (non-hydrogen) atoms. The van der Waals surface area contributed by atoms with Crippen LogP contribution in [-0.2, 0) is 6.42 Å². The second-order valence-electron chi connectivity index (χ2n) is 3.98. The first kappa shape index (κ1) is 13.3. The number of benzene rings is 1. The zero-order chi connectivity index (χ0) is 14.0. The Bertz CT molecular complexity index is 643. The number of hydrogen-bond acceptors (Lipinski definition) is 4. The van der Waals surface area contributed by atoms with Crippen molar-refractivity contribution in [3.05, 3.63) is 51.2 Å². The molecule has 0 spiro atoms. The largest absolute Gasteiger partial charge is 0.508 e. The zero-order valence-electron chi connectivity index (χ0n) is 10.2. The van der Waals surface area contributed by atoms with Crippen LogP contribution in [-0.4, -0.2) is 22.0 Å². The van der Waals surface area contributed by atoms with Gasteiger partial charge in [0.15, 0.2) is 0 Å². The van der Waals surface area contributed by atoms with Gasteiger partial charge < -0.3 is 10.2 Å². The molecule has 5 heteroatoms. The number of hydrogen-bond donors (Lipinski definition) is 2. The molecule has 2 aromatic rings. The van der Waals surface area contributed by atoms with Crippen molar-refractivity contribution in [2.75, 3.05) is 0 Å². The van der Waals surface area contributed by atoms with Crippen LogP contribution in [0.3, 0.4) is 0 Å². The summed E-state index contributed by atoms with van der Waals surface area (Å²) in [5, 5.41) is 18.5. The first-order valence-corrected chi connectivity index (χ1v) is 6.54. The zero-order valence-corrected chi connectivity index (χ0v) is 11.0. The van der Waals surface area contributed by atoms with E-state index < -0.39 is 5.97 Å². The number of carbonyl (C=O) groups excluding carboxylic acids is 1. The molecule has 98 valence electrons. The SMILES string of the molecule is CCc1ccc(C(=O)c2cc(O)ccc2C(=O)O)s1. The number of carboxylic acid groups (broad SMARTS) is 1. The number of aryl methyl sites for hydroxylation is 1. The number of thiophene rings is 1. The third kappa shape index (κ3) is 2.66. The fourth-order valence-corrected chi connectivity index (χ4v) is 2.63. The minimum absolute atomic E-state index is 0.0111. The Labute approximate surface area is 114 Å². The minimum atomic E-state index is -1.18. The smallest absolute Gasteiger partial charge is 0.336 e. The van der Waals surface area contributed by atoms with Gasteiger partial charge in [0.2, 0.25) is 5.78 Å². The maximum atomic E-state index is 12.3. The van der Waals surface area contributed by atoms with E-state index in [-0.39, 0.29) is 22.7 Å². The molecule has 2 N–H and O–H groups in total. The van der Waals surface area contributed by atoms with Crippen molar-refractivity contribution in [1.29, 1.82) is 0 Å². The second-order valence-corrected chi connectivity index (χ2v) is 5.15. The Morgan fingerprint density at radius 1 is 1.16 bits per heavy atom. The molecular formula is C14H12O4S. The van der Waals surface area contributed by atoms with Gasteiger partial charge in [-0.05, 0) is 36.8 Å². The summed E-state index contributed by atoms with van der Waals surface area (Å²) >= 11 is 1.34. The van der Waals surface area contributed by atoms with Gasteiger partial charge in [-0.2, -0.15) is 0 Å². The van der Waals surface area contributed by atoms with Crippen molar-refractivity contribution in [3.8, 4) is 5.75 Å². The van der Waals surface area contributed by atoms with Gasteiger partial charge in [-0.25, -0.2) is 4.79 Å².